The number of hydrogen-bond acceptors (Lipinski definition) is 3. The first-order valence-corrected chi connectivity index (χ1v) is 7.98. The molecule has 1 fully saturated rings. The minimum atomic E-state index is -0.382. The van der Waals surface area contributed by atoms with Crippen LogP contribution in [0.3, 0.4) is 0 Å². The molecule has 0 unspecified atom stereocenters. The van der Waals surface area contributed by atoms with E-state index in [1.54, 1.807) is 25.1 Å². The Morgan fingerprint density at radius 3 is 2.60 bits per heavy atom. The van der Waals surface area contributed by atoms with E-state index in [0.29, 0.717) is 21.3 Å². The Hall–Kier alpha value is -1.11. The average molecular weight is 387 g/mol. The van der Waals surface area contributed by atoms with Crippen molar-refractivity contribution in [3.05, 3.63) is 32.9 Å². The van der Waals surface area contributed by atoms with Gasteiger partial charge in [-0.05, 0) is 54.5 Å². The second kappa shape index (κ2) is 7.06. The summed E-state index contributed by atoms with van der Waals surface area (Å²) in [6.45, 7) is 2.09. The van der Waals surface area contributed by atoms with Crippen LogP contribution in [0.25, 0.3) is 0 Å². The quantitative estimate of drug-likeness (QED) is 0.638. The van der Waals surface area contributed by atoms with Gasteiger partial charge in [0, 0.05) is 9.61 Å². The topological polar surface area (TPSA) is 55.4 Å². The van der Waals surface area contributed by atoms with Gasteiger partial charge in [0.05, 0.1) is 17.7 Å². The lowest BCUT2D eigenvalue weighted by atomic mass is 10.1. The molecule has 1 saturated carbocycles. The zero-order chi connectivity index (χ0) is 14.5. The summed E-state index contributed by atoms with van der Waals surface area (Å²) in [5, 5.41) is 3.04. The predicted molar refractivity (Wildman–Crippen MR) is 84.8 cm³/mol. The number of carbonyl (C=O) groups excluding carboxylic acids is 2. The van der Waals surface area contributed by atoms with E-state index in [4.69, 9.17) is 4.74 Å². The molecule has 5 heteroatoms. The van der Waals surface area contributed by atoms with Crippen molar-refractivity contribution in [1.29, 1.82) is 0 Å². The molecule has 0 bridgehead atoms. The largest absolute Gasteiger partial charge is 0.462 e. The highest BCUT2D eigenvalue weighted by molar-refractivity contribution is 14.1. The Kier molecular flexibility index (Phi) is 5.39. The molecule has 0 spiro atoms. The van der Waals surface area contributed by atoms with Crippen LogP contribution in [-0.2, 0) is 4.74 Å². The lowest BCUT2D eigenvalue weighted by molar-refractivity contribution is 0.0525. The molecule has 0 aromatic heterocycles. The number of halogens is 1. The molecule has 0 atom stereocenters. The summed E-state index contributed by atoms with van der Waals surface area (Å²) in [5.74, 6) is -0.486. The SMILES string of the molecule is CCOC(=O)c1cccc(C(=O)NC2CCCC2)c1I. The minimum absolute atomic E-state index is 0.104. The zero-order valence-corrected chi connectivity index (χ0v) is 13.6. The first-order valence-electron chi connectivity index (χ1n) is 6.90. The molecule has 1 aromatic rings. The van der Waals surface area contributed by atoms with Gasteiger partial charge in [-0.15, -0.1) is 0 Å². The molecule has 0 aliphatic heterocycles. The molecule has 1 aromatic carbocycles. The van der Waals surface area contributed by atoms with Gasteiger partial charge in [0.1, 0.15) is 0 Å². The van der Waals surface area contributed by atoms with Crippen molar-refractivity contribution in [2.24, 2.45) is 0 Å². The summed E-state index contributed by atoms with van der Waals surface area (Å²) in [4.78, 5) is 24.1. The summed E-state index contributed by atoms with van der Waals surface area (Å²) >= 11 is 2.04. The summed E-state index contributed by atoms with van der Waals surface area (Å²) in [5.41, 5.74) is 0.995. The van der Waals surface area contributed by atoms with E-state index in [-0.39, 0.29) is 17.9 Å². The number of nitrogens with one attached hydrogen (secondary N) is 1. The Bertz CT molecular complexity index is 510. The van der Waals surface area contributed by atoms with Crippen LogP contribution in [0.15, 0.2) is 18.2 Å². The van der Waals surface area contributed by atoms with Crippen LogP contribution in [0, 0.1) is 3.57 Å². The van der Waals surface area contributed by atoms with E-state index in [1.807, 2.05) is 22.6 Å². The first kappa shape index (κ1) is 15.3. The molecule has 1 aliphatic carbocycles. The molecule has 0 radical (unpaired) electrons. The number of rotatable bonds is 4. The third-order valence-electron chi connectivity index (χ3n) is 3.43. The number of ether oxygens (including phenoxy) is 1. The van der Waals surface area contributed by atoms with Crippen LogP contribution in [0.4, 0.5) is 0 Å². The first-order chi connectivity index (χ1) is 9.63. The van der Waals surface area contributed by atoms with Gasteiger partial charge >= 0.3 is 5.97 Å². The van der Waals surface area contributed by atoms with Crippen LogP contribution in [0.1, 0.15) is 53.3 Å². The Balaban J connectivity index is 2.16. The molecular formula is C15H18INO3. The van der Waals surface area contributed by atoms with Crippen LogP contribution in [-0.4, -0.2) is 24.5 Å². The zero-order valence-electron chi connectivity index (χ0n) is 11.4. The van der Waals surface area contributed by atoms with Gasteiger partial charge in [0.15, 0.2) is 0 Å². The summed E-state index contributed by atoms with van der Waals surface area (Å²) < 4.78 is 5.65. The summed E-state index contributed by atoms with van der Waals surface area (Å²) in [6, 6.07) is 5.42. The Labute approximate surface area is 132 Å². The van der Waals surface area contributed by atoms with Crippen molar-refractivity contribution >= 4 is 34.5 Å². The Morgan fingerprint density at radius 1 is 1.30 bits per heavy atom. The van der Waals surface area contributed by atoms with E-state index in [0.717, 1.165) is 12.8 Å². The van der Waals surface area contributed by atoms with E-state index in [1.165, 1.54) is 12.8 Å². The fraction of sp³-hybridized carbons (Fsp3) is 0.467. The third-order valence-corrected chi connectivity index (χ3v) is 4.59. The summed E-state index contributed by atoms with van der Waals surface area (Å²) in [7, 11) is 0. The second-order valence-corrected chi connectivity index (χ2v) is 5.92. The molecule has 1 aliphatic rings. The van der Waals surface area contributed by atoms with Crippen molar-refractivity contribution in [1.82, 2.24) is 5.32 Å². The van der Waals surface area contributed by atoms with Crippen LogP contribution < -0.4 is 5.32 Å². The maximum absolute atomic E-state index is 12.3. The highest BCUT2D eigenvalue weighted by atomic mass is 127. The van der Waals surface area contributed by atoms with Crippen LogP contribution >= 0.6 is 22.6 Å². The van der Waals surface area contributed by atoms with Gasteiger partial charge in [-0.25, -0.2) is 4.79 Å². The van der Waals surface area contributed by atoms with Crippen LogP contribution in [0.5, 0.6) is 0 Å². The van der Waals surface area contributed by atoms with Gasteiger partial charge in [-0.2, -0.15) is 0 Å². The average Bonchev–Trinajstić information content (AvgIpc) is 2.92. The van der Waals surface area contributed by atoms with Crippen molar-refractivity contribution in [3.8, 4) is 0 Å². The van der Waals surface area contributed by atoms with E-state index < -0.39 is 0 Å². The maximum atomic E-state index is 12.3. The highest BCUT2D eigenvalue weighted by Crippen LogP contribution is 2.21. The molecule has 108 valence electrons. The fourth-order valence-electron chi connectivity index (χ4n) is 2.41. The monoisotopic (exact) mass is 387 g/mol. The second-order valence-electron chi connectivity index (χ2n) is 4.84. The minimum Gasteiger partial charge on any atom is -0.462 e. The molecule has 2 rings (SSSR count). The van der Waals surface area contributed by atoms with Crippen LogP contribution in [0.2, 0.25) is 0 Å². The molecular weight excluding hydrogens is 369 g/mol. The van der Waals surface area contributed by atoms with Gasteiger partial charge in [-0.3, -0.25) is 4.79 Å². The van der Waals surface area contributed by atoms with Gasteiger partial charge in [0.2, 0.25) is 0 Å². The number of amides is 1. The lowest BCUT2D eigenvalue weighted by Crippen LogP contribution is -2.33. The number of hydrogen-bond donors (Lipinski definition) is 1. The highest BCUT2D eigenvalue weighted by Gasteiger charge is 2.21. The predicted octanol–water partition coefficient (Wildman–Crippen LogP) is 3.14. The van der Waals surface area contributed by atoms with Crippen molar-refractivity contribution < 1.29 is 14.3 Å². The molecule has 0 saturated heterocycles. The fourth-order valence-corrected chi connectivity index (χ4v) is 3.23. The van der Waals surface area contributed by atoms with Gasteiger partial charge in [0.25, 0.3) is 5.91 Å². The van der Waals surface area contributed by atoms with E-state index in [9.17, 15) is 9.59 Å². The number of benzene rings is 1. The summed E-state index contributed by atoms with van der Waals surface area (Å²) in [6.07, 6.45) is 4.43. The third kappa shape index (κ3) is 3.50. The van der Waals surface area contributed by atoms with Gasteiger partial charge < -0.3 is 10.1 Å². The van der Waals surface area contributed by atoms with Gasteiger partial charge in [-0.1, -0.05) is 18.9 Å². The van der Waals surface area contributed by atoms with Crippen molar-refractivity contribution in [2.75, 3.05) is 6.61 Å². The molecule has 4 nitrogen and oxygen atoms in total. The van der Waals surface area contributed by atoms with E-state index >= 15 is 0 Å². The standard InChI is InChI=1S/C15H18INO3/c1-2-20-15(19)12-9-5-8-11(13(12)16)14(18)17-10-6-3-4-7-10/h5,8-10H,2-4,6-7H2,1H3,(H,17,18). The van der Waals surface area contributed by atoms with E-state index in [2.05, 4.69) is 5.32 Å². The lowest BCUT2D eigenvalue weighted by Gasteiger charge is -2.14. The Morgan fingerprint density at radius 2 is 1.95 bits per heavy atom. The molecule has 1 N–H and O–H groups in total. The number of esters is 1. The molecule has 1 amide bonds. The van der Waals surface area contributed by atoms with Crippen molar-refractivity contribution in [3.63, 3.8) is 0 Å². The van der Waals surface area contributed by atoms with Crippen molar-refractivity contribution in [2.45, 2.75) is 38.6 Å². The maximum Gasteiger partial charge on any atom is 0.339 e. The molecule has 0 heterocycles. The normalized spacial score (nSPS) is 15.1. The molecule has 20 heavy (non-hydrogen) atoms. The number of carbonyl (C=O) groups is 2. The smallest absolute Gasteiger partial charge is 0.339 e.